The molecule has 2 rings (SSSR count). The highest BCUT2D eigenvalue weighted by Gasteiger charge is 2.10. The molecular formula is C21H28N2O3. The Morgan fingerprint density at radius 1 is 1.08 bits per heavy atom. The lowest BCUT2D eigenvalue weighted by atomic mass is 10.1. The molecule has 2 N–H and O–H groups in total. The molecular weight excluding hydrogens is 328 g/mol. The third-order valence-corrected chi connectivity index (χ3v) is 3.74. The van der Waals surface area contributed by atoms with Crippen LogP contribution in [-0.4, -0.2) is 32.8 Å². The SMILES string of the molecule is COc1ccc(Nc2ccccc2C(=O)NCCCOCC(C)C)cc1. The van der Waals surface area contributed by atoms with E-state index in [0.717, 1.165) is 30.2 Å². The molecule has 0 unspecified atom stereocenters. The quantitative estimate of drug-likeness (QED) is 0.626. The number of methoxy groups -OCH3 is 1. The molecule has 0 aliphatic rings. The van der Waals surface area contributed by atoms with Crippen LogP contribution in [0.5, 0.6) is 5.75 Å². The van der Waals surface area contributed by atoms with E-state index < -0.39 is 0 Å². The molecule has 0 spiro atoms. The maximum absolute atomic E-state index is 12.5. The minimum Gasteiger partial charge on any atom is -0.497 e. The van der Waals surface area contributed by atoms with E-state index >= 15 is 0 Å². The van der Waals surface area contributed by atoms with Gasteiger partial charge in [-0.25, -0.2) is 0 Å². The first-order valence-electron chi connectivity index (χ1n) is 8.96. The van der Waals surface area contributed by atoms with Crippen molar-refractivity contribution in [3.05, 3.63) is 54.1 Å². The van der Waals surface area contributed by atoms with Gasteiger partial charge in [-0.1, -0.05) is 26.0 Å². The molecule has 2 aromatic carbocycles. The molecule has 0 aliphatic heterocycles. The van der Waals surface area contributed by atoms with Crippen LogP contribution >= 0.6 is 0 Å². The van der Waals surface area contributed by atoms with Gasteiger partial charge in [0.1, 0.15) is 5.75 Å². The average molecular weight is 356 g/mol. The fourth-order valence-corrected chi connectivity index (χ4v) is 2.41. The Balaban J connectivity index is 1.89. The number of para-hydroxylation sites is 1. The van der Waals surface area contributed by atoms with E-state index in [2.05, 4.69) is 24.5 Å². The third-order valence-electron chi connectivity index (χ3n) is 3.74. The average Bonchev–Trinajstić information content (AvgIpc) is 2.65. The van der Waals surface area contributed by atoms with Crippen molar-refractivity contribution in [2.45, 2.75) is 20.3 Å². The van der Waals surface area contributed by atoms with Gasteiger partial charge in [0.25, 0.3) is 5.91 Å². The molecule has 0 aromatic heterocycles. The van der Waals surface area contributed by atoms with E-state index in [9.17, 15) is 4.79 Å². The van der Waals surface area contributed by atoms with Gasteiger partial charge in [-0.2, -0.15) is 0 Å². The fourth-order valence-electron chi connectivity index (χ4n) is 2.41. The fraction of sp³-hybridized carbons (Fsp3) is 0.381. The maximum atomic E-state index is 12.5. The Kier molecular flexibility index (Phi) is 7.96. The van der Waals surface area contributed by atoms with Crippen LogP contribution in [0.1, 0.15) is 30.6 Å². The summed E-state index contributed by atoms with van der Waals surface area (Å²) >= 11 is 0. The number of anilines is 2. The summed E-state index contributed by atoms with van der Waals surface area (Å²) < 4.78 is 10.7. The number of carbonyl (C=O) groups excluding carboxylic acids is 1. The second kappa shape index (κ2) is 10.5. The number of rotatable bonds is 10. The summed E-state index contributed by atoms with van der Waals surface area (Å²) in [6.45, 7) is 6.24. The van der Waals surface area contributed by atoms with Gasteiger partial charge < -0.3 is 20.1 Å². The van der Waals surface area contributed by atoms with Crippen LogP contribution < -0.4 is 15.4 Å². The van der Waals surface area contributed by atoms with Crippen LogP contribution in [0.3, 0.4) is 0 Å². The molecule has 0 bridgehead atoms. The molecule has 0 radical (unpaired) electrons. The molecule has 0 heterocycles. The molecule has 1 amide bonds. The van der Waals surface area contributed by atoms with Crippen molar-refractivity contribution in [1.29, 1.82) is 0 Å². The van der Waals surface area contributed by atoms with Crippen molar-refractivity contribution >= 4 is 17.3 Å². The van der Waals surface area contributed by atoms with Crippen molar-refractivity contribution < 1.29 is 14.3 Å². The summed E-state index contributed by atoms with van der Waals surface area (Å²) in [5, 5.41) is 6.24. The van der Waals surface area contributed by atoms with Crippen LogP contribution in [0.25, 0.3) is 0 Å². The first-order chi connectivity index (χ1) is 12.6. The van der Waals surface area contributed by atoms with Gasteiger partial charge in [0.15, 0.2) is 0 Å². The van der Waals surface area contributed by atoms with Gasteiger partial charge in [0.05, 0.1) is 18.4 Å². The monoisotopic (exact) mass is 356 g/mol. The van der Waals surface area contributed by atoms with Crippen molar-refractivity contribution in [2.75, 3.05) is 32.2 Å². The van der Waals surface area contributed by atoms with Crippen LogP contribution in [0.15, 0.2) is 48.5 Å². The highest BCUT2D eigenvalue weighted by atomic mass is 16.5. The lowest BCUT2D eigenvalue weighted by molar-refractivity contribution is 0.0925. The number of nitrogens with one attached hydrogen (secondary N) is 2. The normalized spacial score (nSPS) is 10.6. The van der Waals surface area contributed by atoms with Gasteiger partial charge in [-0.3, -0.25) is 4.79 Å². The lowest BCUT2D eigenvalue weighted by Crippen LogP contribution is -2.26. The molecule has 0 aliphatic carbocycles. The predicted octanol–water partition coefficient (Wildman–Crippen LogP) is 4.23. The maximum Gasteiger partial charge on any atom is 0.253 e. The van der Waals surface area contributed by atoms with Gasteiger partial charge >= 0.3 is 0 Å². The van der Waals surface area contributed by atoms with Gasteiger partial charge in [-0.15, -0.1) is 0 Å². The molecule has 0 saturated carbocycles. The molecule has 0 fully saturated rings. The minimum absolute atomic E-state index is 0.0922. The summed E-state index contributed by atoms with van der Waals surface area (Å²) in [7, 11) is 1.63. The highest BCUT2D eigenvalue weighted by Crippen LogP contribution is 2.22. The molecule has 0 atom stereocenters. The van der Waals surface area contributed by atoms with Gasteiger partial charge in [0.2, 0.25) is 0 Å². The summed E-state index contributed by atoms with van der Waals surface area (Å²) in [5.74, 6) is 1.23. The van der Waals surface area contributed by atoms with Crippen molar-refractivity contribution in [1.82, 2.24) is 5.32 Å². The zero-order chi connectivity index (χ0) is 18.8. The first-order valence-corrected chi connectivity index (χ1v) is 8.96. The number of hydrogen-bond acceptors (Lipinski definition) is 4. The Bertz CT molecular complexity index is 684. The summed E-state index contributed by atoms with van der Waals surface area (Å²) in [5.41, 5.74) is 2.28. The predicted molar refractivity (Wildman–Crippen MR) is 105 cm³/mol. The van der Waals surface area contributed by atoms with Crippen LogP contribution in [0, 0.1) is 5.92 Å². The first kappa shape index (κ1) is 19.8. The number of ether oxygens (including phenoxy) is 2. The Hall–Kier alpha value is -2.53. The zero-order valence-corrected chi connectivity index (χ0v) is 15.7. The second-order valence-electron chi connectivity index (χ2n) is 6.48. The molecule has 5 nitrogen and oxygen atoms in total. The van der Waals surface area contributed by atoms with Crippen molar-refractivity contribution in [3.8, 4) is 5.75 Å². The Labute approximate surface area is 155 Å². The summed E-state index contributed by atoms with van der Waals surface area (Å²) in [4.78, 5) is 12.5. The molecule has 5 heteroatoms. The molecule has 0 saturated heterocycles. The standard InChI is InChI=1S/C21H28N2O3/c1-16(2)15-26-14-6-13-22-21(24)19-7-4-5-8-20(19)23-17-9-11-18(25-3)12-10-17/h4-5,7-12,16,23H,6,13-15H2,1-3H3,(H,22,24). The second-order valence-corrected chi connectivity index (χ2v) is 6.48. The van der Waals surface area contributed by atoms with Crippen LogP contribution in [0.4, 0.5) is 11.4 Å². The number of hydrogen-bond donors (Lipinski definition) is 2. The zero-order valence-electron chi connectivity index (χ0n) is 15.7. The van der Waals surface area contributed by atoms with E-state index in [1.54, 1.807) is 7.11 Å². The Morgan fingerprint density at radius 2 is 1.81 bits per heavy atom. The topological polar surface area (TPSA) is 59.6 Å². The van der Waals surface area contributed by atoms with Crippen LogP contribution in [0.2, 0.25) is 0 Å². The van der Waals surface area contributed by atoms with Crippen LogP contribution in [-0.2, 0) is 4.74 Å². The number of benzene rings is 2. The van der Waals surface area contributed by atoms with E-state index in [-0.39, 0.29) is 5.91 Å². The third kappa shape index (κ3) is 6.41. The summed E-state index contributed by atoms with van der Waals surface area (Å²) in [6.07, 6.45) is 0.798. The molecule has 140 valence electrons. The number of amides is 1. The smallest absolute Gasteiger partial charge is 0.253 e. The van der Waals surface area contributed by atoms with Gasteiger partial charge in [-0.05, 0) is 48.7 Å². The Morgan fingerprint density at radius 3 is 2.50 bits per heavy atom. The lowest BCUT2D eigenvalue weighted by Gasteiger charge is -2.13. The van der Waals surface area contributed by atoms with Crippen molar-refractivity contribution in [2.24, 2.45) is 5.92 Å². The van der Waals surface area contributed by atoms with E-state index in [0.29, 0.717) is 24.6 Å². The van der Waals surface area contributed by atoms with E-state index in [1.165, 1.54) is 0 Å². The van der Waals surface area contributed by atoms with Crippen molar-refractivity contribution in [3.63, 3.8) is 0 Å². The van der Waals surface area contributed by atoms with E-state index in [1.807, 2.05) is 48.5 Å². The minimum atomic E-state index is -0.0922. The molecule has 2 aromatic rings. The largest absolute Gasteiger partial charge is 0.497 e. The van der Waals surface area contributed by atoms with Gasteiger partial charge in [0, 0.05) is 25.4 Å². The van der Waals surface area contributed by atoms with E-state index in [4.69, 9.17) is 9.47 Å². The molecule has 26 heavy (non-hydrogen) atoms. The number of carbonyl (C=O) groups is 1. The highest BCUT2D eigenvalue weighted by molar-refractivity contribution is 6.00. The summed E-state index contributed by atoms with van der Waals surface area (Å²) in [6, 6.07) is 15.1.